The fourth-order valence-electron chi connectivity index (χ4n) is 0. The van der Waals surface area contributed by atoms with Crippen LogP contribution in [-0.4, -0.2) is 0 Å². The molecule has 7 heteroatoms. The number of hydrogen-bond donors (Lipinski definition) is 0. The van der Waals surface area contributed by atoms with Crippen LogP contribution >= 0.6 is 0 Å². The molecule has 46 valence electrons. The van der Waals surface area contributed by atoms with E-state index in [1.165, 1.54) is 0 Å². The van der Waals surface area contributed by atoms with Gasteiger partial charge in [0.2, 0.25) is 0 Å². The molecule has 0 aromatic carbocycles. The van der Waals surface area contributed by atoms with Crippen molar-refractivity contribution < 1.29 is 119 Å². The molecule has 4 radical (unpaired) electrons. The quantitative estimate of drug-likeness (QED) is 0.395. The number of rotatable bonds is 0. The normalized spacial score (nSPS) is 0.727. The van der Waals surface area contributed by atoms with Gasteiger partial charge in [0.05, 0.1) is 0 Å². The molecule has 0 rings (SSSR count). The van der Waals surface area contributed by atoms with Crippen LogP contribution in [0.25, 0.3) is 0 Å². The van der Waals surface area contributed by atoms with Crippen LogP contribution in [0.15, 0.2) is 0 Å². The van der Waals surface area contributed by atoms with E-state index in [0.29, 0.717) is 0 Å². The van der Waals surface area contributed by atoms with Crippen molar-refractivity contribution in [2.45, 2.75) is 0 Å². The molecule has 0 saturated carbocycles. The molecule has 0 heterocycles. The van der Waals surface area contributed by atoms with Crippen LogP contribution in [0.2, 0.25) is 0 Å². The second kappa shape index (κ2) is 453. The Balaban J connectivity index is -0.00000000356. The first-order chi connectivity index (χ1) is 4.00. The summed E-state index contributed by atoms with van der Waals surface area (Å²) in [5, 5.41) is 25.0. The Kier molecular flexibility index (Phi) is 2200. The summed E-state index contributed by atoms with van der Waals surface area (Å²) in [6, 6.07) is 0. The zero-order valence-electron chi connectivity index (χ0n) is 6.11. The van der Waals surface area contributed by atoms with Crippen LogP contribution in [-0.2, 0) is 16.5 Å². The van der Waals surface area contributed by atoms with Gasteiger partial charge in [0, 0.05) is 16.5 Å². The largest absolute Gasteiger partial charge is 1.00 e. The molecule has 0 spiro atoms. The topological polar surface area (TPSA) is 95.2 Å². The average Bonchev–Trinajstić information content (AvgIpc) is 2.03. The first kappa shape index (κ1) is 53.4. The molecule has 0 bridgehead atoms. The van der Waals surface area contributed by atoms with E-state index in [4.69, 9.17) is 47.3 Å². The van der Waals surface area contributed by atoms with Gasteiger partial charge in [0.25, 0.3) is 0 Å². The van der Waals surface area contributed by atoms with E-state index < -0.39 is 0 Å². The minimum absolute atomic E-state index is 0. The van der Waals surface area contributed by atoms with E-state index in [2.05, 4.69) is 0 Å². The van der Waals surface area contributed by atoms with Crippen LogP contribution in [0.5, 0.6) is 0 Å². The van der Waals surface area contributed by atoms with E-state index in [1.807, 2.05) is 0 Å². The van der Waals surface area contributed by atoms with E-state index in [-0.39, 0.29) is 119 Å². The number of hydrogen-bond acceptors (Lipinski definition) is 4. The Hall–Kier alpha value is 1.73. The van der Waals surface area contributed by atoms with Crippen molar-refractivity contribution >= 4 is 0 Å². The predicted octanol–water partition coefficient (Wildman–Crippen LogP) is -5.61. The van der Waals surface area contributed by atoms with Gasteiger partial charge in [-0.05, 0) is 0 Å². The Morgan fingerprint density at radius 3 is 0.455 bits per heavy atom. The van der Waals surface area contributed by atoms with Crippen molar-refractivity contribution in [3.8, 4) is 0 Å². The van der Waals surface area contributed by atoms with Gasteiger partial charge in [-0.1, -0.05) is 0 Å². The van der Waals surface area contributed by atoms with Crippen LogP contribution in [0.4, 0.5) is 0 Å². The van der Waals surface area contributed by atoms with Crippen molar-refractivity contribution in [3.05, 3.63) is 26.3 Å². The van der Waals surface area contributed by atoms with Crippen LogP contribution in [0, 0.1) is 47.3 Å². The van der Waals surface area contributed by atoms with Crippen molar-refractivity contribution in [3.63, 3.8) is 0 Å². The fourth-order valence-corrected chi connectivity index (χ4v) is 0. The molecule has 0 aromatic heterocycles. The van der Waals surface area contributed by atoms with Crippen LogP contribution in [0.3, 0.4) is 0 Å². The molecule has 0 N–H and O–H groups in total. The van der Waals surface area contributed by atoms with E-state index in [0.717, 1.165) is 0 Å². The minimum atomic E-state index is 0. The second-order valence-electron chi connectivity index (χ2n) is 0. The second-order valence-corrected chi connectivity index (χ2v) is 0. The van der Waals surface area contributed by atoms with Gasteiger partial charge in [0.15, 0.2) is 26.3 Å². The molecule has 0 unspecified atom stereocenters. The summed E-state index contributed by atoms with van der Waals surface area (Å²) >= 11 is 0. The van der Waals surface area contributed by atoms with Crippen LogP contribution in [0.1, 0.15) is 0 Å². The van der Waals surface area contributed by atoms with Gasteiger partial charge in [-0.15, -0.1) is 0 Å². The molecular weight excluding hydrogens is 241 g/mol. The van der Waals surface area contributed by atoms with Crippen molar-refractivity contribution in [2.24, 2.45) is 0 Å². The summed E-state index contributed by atoms with van der Waals surface area (Å²) in [6.07, 6.45) is 0. The molecule has 0 saturated heterocycles. The SMILES string of the molecule is [C]#N.[C]#N.[C]#N.[C]#N.[K+].[K+].[Ni]. The standard InChI is InChI=1S/4CN.2K.Ni/c4*1-2;;;/q;;;;2*+1;. The summed E-state index contributed by atoms with van der Waals surface area (Å²) in [5.74, 6) is 0. The van der Waals surface area contributed by atoms with E-state index in [1.54, 1.807) is 0 Å². The van der Waals surface area contributed by atoms with E-state index in [9.17, 15) is 0 Å². The molecule has 0 aromatic rings. The minimum Gasteiger partial charge on any atom is -0.181 e. The summed E-state index contributed by atoms with van der Waals surface area (Å²) in [4.78, 5) is 0. The van der Waals surface area contributed by atoms with Gasteiger partial charge in [-0.25, -0.2) is 0 Å². The molecule has 11 heavy (non-hydrogen) atoms. The molecule has 0 atom stereocenters. The number of nitrogens with zero attached hydrogens (tertiary/aromatic N) is 4. The van der Waals surface area contributed by atoms with E-state index >= 15 is 0 Å². The van der Waals surface area contributed by atoms with Crippen molar-refractivity contribution in [2.75, 3.05) is 0 Å². The third kappa shape index (κ3) is 372. The van der Waals surface area contributed by atoms with Gasteiger partial charge < -0.3 is 0 Å². The Labute approximate surface area is 162 Å². The summed E-state index contributed by atoms with van der Waals surface area (Å²) in [6.45, 7) is 19.0. The molecule has 0 aliphatic heterocycles. The Morgan fingerprint density at radius 2 is 0.455 bits per heavy atom. The van der Waals surface area contributed by atoms with Gasteiger partial charge in [-0.3, -0.25) is 0 Å². The van der Waals surface area contributed by atoms with Crippen molar-refractivity contribution in [1.29, 1.82) is 21.0 Å². The fraction of sp³-hybridized carbons (Fsp3) is 0. The molecule has 0 fully saturated rings. The molecule has 0 aliphatic carbocycles. The third-order valence-corrected chi connectivity index (χ3v) is 0. The molecule has 4 nitrogen and oxygen atoms in total. The van der Waals surface area contributed by atoms with Crippen LogP contribution < -0.4 is 103 Å². The first-order valence-corrected chi connectivity index (χ1v) is 0.894. The predicted molar refractivity (Wildman–Crippen MR) is 19.9 cm³/mol. The monoisotopic (exact) mass is 240 g/mol. The maximum atomic E-state index is 6.25. The van der Waals surface area contributed by atoms with Gasteiger partial charge >= 0.3 is 103 Å². The summed E-state index contributed by atoms with van der Waals surface area (Å²) < 4.78 is 0. The zero-order chi connectivity index (χ0) is 8.00. The summed E-state index contributed by atoms with van der Waals surface area (Å²) in [5.41, 5.74) is 0. The maximum absolute atomic E-state index is 6.25. The molecule has 0 amide bonds. The zero-order valence-corrected chi connectivity index (χ0v) is 13.3. The smallest absolute Gasteiger partial charge is 0.181 e. The van der Waals surface area contributed by atoms with Gasteiger partial charge in [-0.2, -0.15) is 21.0 Å². The first-order valence-electron chi connectivity index (χ1n) is 0.894. The molecular formula is C4K2N4Ni+2. The Bertz CT molecular complexity index is 63.1. The summed E-state index contributed by atoms with van der Waals surface area (Å²) in [7, 11) is 0. The average molecular weight is 241 g/mol. The van der Waals surface area contributed by atoms with Gasteiger partial charge in [0.1, 0.15) is 0 Å². The van der Waals surface area contributed by atoms with Crippen molar-refractivity contribution in [1.82, 2.24) is 0 Å². The third-order valence-electron chi connectivity index (χ3n) is 0. The maximum Gasteiger partial charge on any atom is 1.00 e. The Morgan fingerprint density at radius 1 is 0.455 bits per heavy atom. The molecule has 0 aliphatic rings.